The lowest BCUT2D eigenvalue weighted by Crippen LogP contribution is -2.49. The van der Waals surface area contributed by atoms with E-state index < -0.39 is 0 Å². The average molecular weight is 409 g/mol. The number of aryl methyl sites for hydroxylation is 1. The molecule has 30 heavy (non-hydrogen) atoms. The molecule has 2 heterocycles. The molecule has 0 radical (unpaired) electrons. The summed E-state index contributed by atoms with van der Waals surface area (Å²) >= 11 is 0. The Bertz CT molecular complexity index is 938. The lowest BCUT2D eigenvalue weighted by atomic mass is 10.1. The van der Waals surface area contributed by atoms with E-state index in [0.717, 1.165) is 35.8 Å². The highest BCUT2D eigenvalue weighted by Gasteiger charge is 2.28. The van der Waals surface area contributed by atoms with Crippen molar-refractivity contribution in [3.05, 3.63) is 48.0 Å². The van der Waals surface area contributed by atoms with E-state index in [9.17, 15) is 9.59 Å². The molecule has 0 atom stereocenters. The van der Waals surface area contributed by atoms with Crippen molar-refractivity contribution in [2.75, 3.05) is 56.2 Å². The van der Waals surface area contributed by atoms with Gasteiger partial charge < -0.3 is 24.2 Å². The first kappa shape index (κ1) is 20.1. The van der Waals surface area contributed by atoms with Crippen LogP contribution in [0.15, 0.2) is 42.5 Å². The summed E-state index contributed by atoms with van der Waals surface area (Å²) in [5, 5.41) is 0. The van der Waals surface area contributed by atoms with Crippen molar-refractivity contribution < 1.29 is 19.1 Å². The van der Waals surface area contributed by atoms with Gasteiger partial charge in [-0.25, -0.2) is 0 Å². The number of methoxy groups -OCH3 is 1. The van der Waals surface area contributed by atoms with Gasteiger partial charge in [-0.05, 0) is 36.8 Å². The van der Waals surface area contributed by atoms with Gasteiger partial charge in [0.2, 0.25) is 5.91 Å². The number of hydrogen-bond donors (Lipinski definition) is 0. The third-order valence-corrected chi connectivity index (χ3v) is 5.66. The van der Waals surface area contributed by atoms with Crippen LogP contribution in [-0.2, 0) is 9.59 Å². The lowest BCUT2D eigenvalue weighted by molar-refractivity contribution is -0.131. The van der Waals surface area contributed by atoms with Gasteiger partial charge in [0.1, 0.15) is 11.5 Å². The first-order valence-electron chi connectivity index (χ1n) is 10.3. The Kier molecular flexibility index (Phi) is 5.79. The molecule has 2 amide bonds. The maximum absolute atomic E-state index is 12.8. The molecule has 2 aromatic carbocycles. The van der Waals surface area contributed by atoms with E-state index in [-0.39, 0.29) is 18.4 Å². The summed E-state index contributed by atoms with van der Waals surface area (Å²) in [4.78, 5) is 31.0. The minimum absolute atomic E-state index is 0.0157. The number of amides is 2. The first-order chi connectivity index (χ1) is 14.6. The number of nitrogens with zero attached hydrogens (tertiary/aromatic N) is 3. The molecule has 0 N–H and O–H groups in total. The number of anilines is 2. The zero-order valence-electron chi connectivity index (χ0n) is 17.5. The molecule has 1 saturated heterocycles. The number of para-hydroxylation sites is 2. The van der Waals surface area contributed by atoms with Crippen molar-refractivity contribution >= 4 is 23.2 Å². The molecule has 0 spiro atoms. The quantitative estimate of drug-likeness (QED) is 0.759. The maximum Gasteiger partial charge on any atom is 0.265 e. The van der Waals surface area contributed by atoms with Crippen LogP contribution < -0.4 is 19.3 Å². The van der Waals surface area contributed by atoms with Crippen molar-refractivity contribution in [3.8, 4) is 11.5 Å². The van der Waals surface area contributed by atoms with Crippen LogP contribution >= 0.6 is 0 Å². The Morgan fingerprint density at radius 3 is 2.60 bits per heavy atom. The molecule has 7 heteroatoms. The fourth-order valence-electron chi connectivity index (χ4n) is 4.01. The predicted molar refractivity (Wildman–Crippen MR) is 115 cm³/mol. The molecule has 7 nitrogen and oxygen atoms in total. The fourth-order valence-corrected chi connectivity index (χ4v) is 4.01. The Hall–Kier alpha value is -3.22. The molecular weight excluding hydrogens is 382 g/mol. The molecule has 4 rings (SSSR count). The van der Waals surface area contributed by atoms with Crippen LogP contribution in [0.3, 0.4) is 0 Å². The van der Waals surface area contributed by atoms with Gasteiger partial charge in [-0.2, -0.15) is 0 Å². The van der Waals surface area contributed by atoms with Crippen LogP contribution in [0.4, 0.5) is 11.4 Å². The highest BCUT2D eigenvalue weighted by atomic mass is 16.5. The van der Waals surface area contributed by atoms with Gasteiger partial charge in [0, 0.05) is 39.1 Å². The smallest absolute Gasteiger partial charge is 0.265 e. The van der Waals surface area contributed by atoms with E-state index >= 15 is 0 Å². The van der Waals surface area contributed by atoms with Crippen LogP contribution in [0.2, 0.25) is 0 Å². The normalized spacial score (nSPS) is 16.2. The molecular formula is C23H27N3O4. The Morgan fingerprint density at radius 1 is 1.07 bits per heavy atom. The summed E-state index contributed by atoms with van der Waals surface area (Å²) in [6.45, 7) is 5.18. The summed E-state index contributed by atoms with van der Waals surface area (Å²) in [6, 6.07) is 13.7. The van der Waals surface area contributed by atoms with Gasteiger partial charge in [-0.1, -0.05) is 18.2 Å². The SMILES string of the molecule is COc1ccccc1N1CCN(C(=O)CCN2C(=O)COc3ccc(C)cc32)CC1. The van der Waals surface area contributed by atoms with E-state index in [1.165, 1.54) is 0 Å². The maximum atomic E-state index is 12.8. The molecule has 0 unspecified atom stereocenters. The van der Waals surface area contributed by atoms with E-state index in [4.69, 9.17) is 9.47 Å². The van der Waals surface area contributed by atoms with Crippen LogP contribution in [0, 0.1) is 6.92 Å². The van der Waals surface area contributed by atoms with Crippen LogP contribution in [0.1, 0.15) is 12.0 Å². The molecule has 0 aromatic heterocycles. The Balaban J connectivity index is 1.35. The number of fused-ring (bicyclic) bond motifs is 1. The van der Waals surface area contributed by atoms with Gasteiger partial charge in [0.25, 0.3) is 5.91 Å². The minimum atomic E-state index is -0.109. The second-order valence-electron chi connectivity index (χ2n) is 7.59. The second-order valence-corrected chi connectivity index (χ2v) is 7.59. The lowest BCUT2D eigenvalue weighted by Gasteiger charge is -2.37. The Morgan fingerprint density at radius 2 is 1.83 bits per heavy atom. The number of hydrogen-bond acceptors (Lipinski definition) is 5. The minimum Gasteiger partial charge on any atom is -0.495 e. The van der Waals surface area contributed by atoms with Crippen LogP contribution in [0.5, 0.6) is 11.5 Å². The molecule has 0 aliphatic carbocycles. The largest absolute Gasteiger partial charge is 0.495 e. The second kappa shape index (κ2) is 8.65. The van der Waals surface area contributed by atoms with E-state index in [1.807, 2.05) is 54.3 Å². The molecule has 2 aromatic rings. The molecule has 158 valence electrons. The average Bonchev–Trinajstić information content (AvgIpc) is 2.78. The molecule has 2 aliphatic heterocycles. The summed E-state index contributed by atoms with van der Waals surface area (Å²) in [5.41, 5.74) is 2.86. The van der Waals surface area contributed by atoms with Crippen molar-refractivity contribution in [2.45, 2.75) is 13.3 Å². The standard InChI is InChI=1S/C23H27N3O4/c1-17-7-8-21-19(15-17)26(23(28)16-30-21)10-9-22(27)25-13-11-24(12-14-25)18-5-3-4-6-20(18)29-2/h3-8,15H,9-14,16H2,1-2H3. The zero-order chi connectivity index (χ0) is 21.1. The molecule has 1 fully saturated rings. The van der Waals surface area contributed by atoms with Gasteiger partial charge in [0.05, 0.1) is 18.5 Å². The van der Waals surface area contributed by atoms with Crippen molar-refractivity contribution in [1.29, 1.82) is 0 Å². The monoisotopic (exact) mass is 409 g/mol. The number of piperazine rings is 1. The topological polar surface area (TPSA) is 62.3 Å². The van der Waals surface area contributed by atoms with Gasteiger partial charge >= 0.3 is 0 Å². The van der Waals surface area contributed by atoms with Crippen LogP contribution in [0.25, 0.3) is 0 Å². The van der Waals surface area contributed by atoms with Gasteiger partial charge in [-0.15, -0.1) is 0 Å². The number of benzene rings is 2. The molecule has 2 aliphatic rings. The zero-order valence-corrected chi connectivity index (χ0v) is 17.5. The highest BCUT2D eigenvalue weighted by molar-refractivity contribution is 5.98. The number of ether oxygens (including phenoxy) is 2. The number of rotatable bonds is 5. The third kappa shape index (κ3) is 4.06. The van der Waals surface area contributed by atoms with Gasteiger partial charge in [0.15, 0.2) is 6.61 Å². The highest BCUT2D eigenvalue weighted by Crippen LogP contribution is 2.33. The van der Waals surface area contributed by atoms with Crippen molar-refractivity contribution in [1.82, 2.24) is 4.90 Å². The van der Waals surface area contributed by atoms with E-state index in [1.54, 1.807) is 12.0 Å². The molecule has 0 bridgehead atoms. The summed E-state index contributed by atoms with van der Waals surface area (Å²) in [5.74, 6) is 1.50. The number of carbonyl (C=O) groups is 2. The summed E-state index contributed by atoms with van der Waals surface area (Å²) in [7, 11) is 1.67. The fraction of sp³-hybridized carbons (Fsp3) is 0.391. The van der Waals surface area contributed by atoms with Crippen molar-refractivity contribution in [2.24, 2.45) is 0 Å². The van der Waals surface area contributed by atoms with Crippen molar-refractivity contribution in [3.63, 3.8) is 0 Å². The van der Waals surface area contributed by atoms with Gasteiger partial charge in [-0.3, -0.25) is 9.59 Å². The number of carbonyl (C=O) groups excluding carboxylic acids is 2. The van der Waals surface area contributed by atoms with E-state index in [0.29, 0.717) is 31.8 Å². The molecule has 0 saturated carbocycles. The third-order valence-electron chi connectivity index (χ3n) is 5.66. The Labute approximate surface area is 176 Å². The van der Waals surface area contributed by atoms with E-state index in [2.05, 4.69) is 4.90 Å². The first-order valence-corrected chi connectivity index (χ1v) is 10.3. The summed E-state index contributed by atoms with van der Waals surface area (Å²) < 4.78 is 11.0. The summed E-state index contributed by atoms with van der Waals surface area (Å²) in [6.07, 6.45) is 0.299. The van der Waals surface area contributed by atoms with Crippen LogP contribution in [-0.4, -0.2) is 63.2 Å². The predicted octanol–water partition coefficient (Wildman–Crippen LogP) is 2.47.